The molecule has 0 saturated carbocycles. The molecule has 2 heterocycles. The minimum Gasteiger partial charge on any atom is -0.306 e. The molecule has 3 rings (SSSR count). The number of aromatic nitrogens is 3. The summed E-state index contributed by atoms with van der Waals surface area (Å²) in [5.41, 5.74) is 3.54. The van der Waals surface area contributed by atoms with Crippen molar-refractivity contribution in [1.82, 2.24) is 14.6 Å². The number of carbonyl (C=O) groups is 1. The Morgan fingerprint density at radius 3 is 2.70 bits per heavy atom. The van der Waals surface area contributed by atoms with Gasteiger partial charge in [-0.15, -0.1) is 5.10 Å². The Balaban J connectivity index is 1.81. The molecule has 0 aliphatic rings. The van der Waals surface area contributed by atoms with Gasteiger partial charge in [0.05, 0.1) is 5.69 Å². The zero-order valence-electron chi connectivity index (χ0n) is 12.5. The van der Waals surface area contributed by atoms with Crippen LogP contribution in [-0.4, -0.2) is 20.5 Å². The Morgan fingerprint density at radius 2 is 2.04 bits per heavy atom. The highest BCUT2D eigenvalue weighted by Gasteiger charge is 2.14. The van der Waals surface area contributed by atoms with Gasteiger partial charge in [-0.1, -0.05) is 27.7 Å². The maximum atomic E-state index is 12.1. The van der Waals surface area contributed by atoms with E-state index in [0.29, 0.717) is 21.4 Å². The van der Waals surface area contributed by atoms with Gasteiger partial charge in [-0.05, 0) is 49.6 Å². The maximum absolute atomic E-state index is 12.1. The topological polar surface area (TPSA) is 67.8 Å². The molecule has 2 aromatic heterocycles. The maximum Gasteiger partial charge on any atom is 0.270 e. The normalized spacial score (nSPS) is 10.6. The first-order valence-electron chi connectivity index (χ1n) is 6.87. The molecule has 0 spiro atoms. The van der Waals surface area contributed by atoms with Crippen LogP contribution >= 0.6 is 23.1 Å². The lowest BCUT2D eigenvalue weighted by atomic mass is 10.1. The molecule has 0 radical (unpaired) electrons. The summed E-state index contributed by atoms with van der Waals surface area (Å²) in [6.45, 7) is 3.75. The lowest BCUT2D eigenvalue weighted by Crippen LogP contribution is -2.12. The largest absolute Gasteiger partial charge is 0.306 e. The lowest BCUT2D eigenvalue weighted by molar-refractivity contribution is 0.102. The summed E-state index contributed by atoms with van der Waals surface area (Å²) in [6.07, 6.45) is 1.69. The highest BCUT2D eigenvalue weighted by Crippen LogP contribution is 2.28. The van der Waals surface area contributed by atoms with Crippen LogP contribution in [0.25, 0.3) is 11.1 Å². The first kappa shape index (κ1) is 15.6. The van der Waals surface area contributed by atoms with Gasteiger partial charge in [-0.2, -0.15) is 0 Å². The number of aryl methyl sites for hydroxylation is 2. The van der Waals surface area contributed by atoms with Crippen molar-refractivity contribution in [2.24, 2.45) is 0 Å². The van der Waals surface area contributed by atoms with Gasteiger partial charge in [-0.25, -0.2) is 4.98 Å². The second kappa shape index (κ2) is 6.44. The number of carbonyl (C=O) groups excluding carboxylic acids is 1. The molecule has 0 aliphatic carbocycles. The number of nitrogens with zero attached hydrogens (tertiary/aromatic N) is 3. The van der Waals surface area contributed by atoms with Crippen molar-refractivity contribution in [3.8, 4) is 11.1 Å². The van der Waals surface area contributed by atoms with Crippen LogP contribution in [0.5, 0.6) is 0 Å². The number of anilines is 1. The molecule has 0 atom stereocenters. The van der Waals surface area contributed by atoms with Gasteiger partial charge >= 0.3 is 0 Å². The molecule has 0 unspecified atom stereocenters. The molecule has 0 bridgehead atoms. The quantitative estimate of drug-likeness (QED) is 0.776. The Labute approximate surface area is 142 Å². The molecule has 1 amide bonds. The van der Waals surface area contributed by atoms with Gasteiger partial charge in [-0.3, -0.25) is 4.79 Å². The molecule has 7 heteroatoms. The van der Waals surface area contributed by atoms with Crippen molar-refractivity contribution in [3.05, 3.63) is 57.7 Å². The molecular formula is C16H13ClN4OS. The zero-order valence-corrected chi connectivity index (χ0v) is 14.1. The monoisotopic (exact) mass is 344 g/mol. The van der Waals surface area contributed by atoms with Crippen LogP contribution in [0.2, 0.25) is 5.02 Å². The standard InChI is InChI=1S/C16H13ClN4OS/c1-9-3-5-13(17)12(7-9)11-4-6-14(18-8-11)19-16(22)15-10(2)20-21-23-15/h3-8H,1-2H3,(H,18,19,22). The van der Waals surface area contributed by atoms with Gasteiger partial charge in [0.25, 0.3) is 5.91 Å². The van der Waals surface area contributed by atoms with Crippen LogP contribution < -0.4 is 5.32 Å². The smallest absolute Gasteiger partial charge is 0.270 e. The van der Waals surface area contributed by atoms with E-state index in [0.717, 1.165) is 28.2 Å². The molecule has 116 valence electrons. The van der Waals surface area contributed by atoms with E-state index in [1.807, 2.05) is 31.2 Å². The Morgan fingerprint density at radius 1 is 1.22 bits per heavy atom. The Kier molecular flexibility index (Phi) is 4.36. The number of benzene rings is 1. The third-order valence-corrected chi connectivity index (χ3v) is 4.45. The molecule has 0 saturated heterocycles. The lowest BCUT2D eigenvalue weighted by Gasteiger charge is -2.07. The summed E-state index contributed by atoms with van der Waals surface area (Å²) in [5.74, 6) is 0.210. The van der Waals surface area contributed by atoms with Gasteiger partial charge in [0.15, 0.2) is 0 Å². The highest BCUT2D eigenvalue weighted by atomic mass is 35.5. The van der Waals surface area contributed by atoms with Crippen LogP contribution in [0.15, 0.2) is 36.5 Å². The molecule has 5 nitrogen and oxygen atoms in total. The average Bonchev–Trinajstić information content (AvgIpc) is 2.97. The fraction of sp³-hybridized carbons (Fsp3) is 0.125. The third-order valence-electron chi connectivity index (χ3n) is 3.30. The summed E-state index contributed by atoms with van der Waals surface area (Å²) in [6, 6.07) is 9.45. The van der Waals surface area contributed by atoms with E-state index < -0.39 is 0 Å². The van der Waals surface area contributed by atoms with Crippen LogP contribution in [-0.2, 0) is 0 Å². The number of hydrogen-bond acceptors (Lipinski definition) is 5. The van der Waals surface area contributed by atoms with Gasteiger partial charge in [0.1, 0.15) is 10.7 Å². The Bertz CT molecular complexity index is 861. The van der Waals surface area contributed by atoms with Crippen LogP contribution in [0, 0.1) is 13.8 Å². The molecular weight excluding hydrogens is 332 g/mol. The van der Waals surface area contributed by atoms with Crippen molar-refractivity contribution < 1.29 is 4.79 Å². The molecule has 0 fully saturated rings. The van der Waals surface area contributed by atoms with Gasteiger partial charge in [0.2, 0.25) is 0 Å². The number of hydrogen-bond donors (Lipinski definition) is 1. The molecule has 0 aliphatic heterocycles. The minimum atomic E-state index is -0.258. The number of amides is 1. The number of pyridine rings is 1. The summed E-state index contributed by atoms with van der Waals surface area (Å²) >= 11 is 7.29. The number of halogens is 1. The van der Waals surface area contributed by atoms with Crippen molar-refractivity contribution >= 4 is 34.9 Å². The van der Waals surface area contributed by atoms with E-state index in [1.165, 1.54) is 0 Å². The van der Waals surface area contributed by atoms with E-state index in [2.05, 4.69) is 19.9 Å². The van der Waals surface area contributed by atoms with Gasteiger partial charge < -0.3 is 5.32 Å². The SMILES string of the molecule is Cc1ccc(Cl)c(-c2ccc(NC(=O)c3snnc3C)nc2)c1. The first-order valence-corrected chi connectivity index (χ1v) is 8.02. The fourth-order valence-electron chi connectivity index (χ4n) is 2.10. The van der Waals surface area contributed by atoms with E-state index in [-0.39, 0.29) is 5.91 Å². The molecule has 23 heavy (non-hydrogen) atoms. The summed E-state index contributed by atoms with van der Waals surface area (Å²) < 4.78 is 3.75. The third kappa shape index (κ3) is 3.38. The minimum absolute atomic E-state index is 0.258. The number of rotatable bonds is 3. The Hall–Kier alpha value is -2.31. The van der Waals surface area contributed by atoms with Crippen LogP contribution in [0.4, 0.5) is 5.82 Å². The average molecular weight is 345 g/mol. The predicted molar refractivity (Wildman–Crippen MR) is 92.0 cm³/mol. The van der Waals surface area contributed by atoms with E-state index >= 15 is 0 Å². The van der Waals surface area contributed by atoms with Crippen molar-refractivity contribution in [3.63, 3.8) is 0 Å². The van der Waals surface area contributed by atoms with Crippen molar-refractivity contribution in [1.29, 1.82) is 0 Å². The summed E-state index contributed by atoms with van der Waals surface area (Å²) in [5, 5.41) is 7.23. The molecule has 3 aromatic rings. The second-order valence-electron chi connectivity index (χ2n) is 5.06. The fourth-order valence-corrected chi connectivity index (χ4v) is 2.88. The predicted octanol–water partition coefficient (Wildman–Crippen LogP) is 4.12. The summed E-state index contributed by atoms with van der Waals surface area (Å²) in [4.78, 5) is 16.9. The summed E-state index contributed by atoms with van der Waals surface area (Å²) in [7, 11) is 0. The van der Waals surface area contributed by atoms with E-state index in [1.54, 1.807) is 19.2 Å². The zero-order chi connectivity index (χ0) is 16.4. The molecule has 1 aromatic carbocycles. The van der Waals surface area contributed by atoms with E-state index in [9.17, 15) is 4.79 Å². The second-order valence-corrected chi connectivity index (χ2v) is 6.22. The molecule has 1 N–H and O–H groups in total. The first-order chi connectivity index (χ1) is 11.0. The highest BCUT2D eigenvalue weighted by molar-refractivity contribution is 7.08. The van der Waals surface area contributed by atoms with Gasteiger partial charge in [0, 0.05) is 22.3 Å². The van der Waals surface area contributed by atoms with Crippen LogP contribution in [0.3, 0.4) is 0 Å². The number of nitrogens with one attached hydrogen (secondary N) is 1. The van der Waals surface area contributed by atoms with Crippen molar-refractivity contribution in [2.45, 2.75) is 13.8 Å². The van der Waals surface area contributed by atoms with E-state index in [4.69, 9.17) is 11.6 Å². The van der Waals surface area contributed by atoms with Crippen molar-refractivity contribution in [2.75, 3.05) is 5.32 Å². The van der Waals surface area contributed by atoms with Crippen LogP contribution in [0.1, 0.15) is 20.9 Å².